The molecule has 5 heteroatoms. The Morgan fingerprint density at radius 2 is 2.20 bits per heavy atom. The predicted molar refractivity (Wildman–Crippen MR) is 74.0 cm³/mol. The maximum absolute atomic E-state index is 12.1. The zero-order valence-electron chi connectivity index (χ0n) is 11.9. The first kappa shape index (κ1) is 14.3. The van der Waals surface area contributed by atoms with Crippen LogP contribution in [0.2, 0.25) is 0 Å². The van der Waals surface area contributed by atoms with Crippen LogP contribution in [0.1, 0.15) is 32.3 Å². The normalized spacial score (nSPS) is 14.8. The molecule has 0 spiro atoms. The number of rotatable bonds is 5. The second kappa shape index (κ2) is 6.38. The first-order valence-electron chi connectivity index (χ1n) is 6.99. The van der Waals surface area contributed by atoms with Crippen molar-refractivity contribution >= 4 is 5.91 Å². The lowest BCUT2D eigenvalue weighted by Crippen LogP contribution is -2.57. The standard InChI is InChI=1S/C15H19N3O2/c1-3-12(4-2)15(19)18-9-13(10-18)20-14-6-5-11(7-16)8-17-14/h5-6,8,12-13H,3-4,9-10H2,1-2H3. The van der Waals surface area contributed by atoms with E-state index in [0.717, 1.165) is 12.8 Å². The van der Waals surface area contributed by atoms with Crippen LogP contribution in [-0.4, -0.2) is 35.0 Å². The van der Waals surface area contributed by atoms with Crippen molar-refractivity contribution in [3.8, 4) is 11.9 Å². The van der Waals surface area contributed by atoms with Gasteiger partial charge in [-0.1, -0.05) is 13.8 Å². The van der Waals surface area contributed by atoms with E-state index >= 15 is 0 Å². The lowest BCUT2D eigenvalue weighted by Gasteiger charge is -2.40. The first-order valence-corrected chi connectivity index (χ1v) is 6.99. The fourth-order valence-corrected chi connectivity index (χ4v) is 2.28. The van der Waals surface area contributed by atoms with E-state index in [0.29, 0.717) is 24.5 Å². The zero-order valence-corrected chi connectivity index (χ0v) is 11.9. The van der Waals surface area contributed by atoms with E-state index in [-0.39, 0.29) is 17.9 Å². The van der Waals surface area contributed by atoms with Gasteiger partial charge in [0.15, 0.2) is 0 Å². The summed E-state index contributed by atoms with van der Waals surface area (Å²) in [6.45, 7) is 5.33. The van der Waals surface area contributed by atoms with Crippen molar-refractivity contribution in [3.05, 3.63) is 23.9 Å². The highest BCUT2D eigenvalue weighted by atomic mass is 16.5. The van der Waals surface area contributed by atoms with Gasteiger partial charge in [0.05, 0.1) is 18.7 Å². The van der Waals surface area contributed by atoms with Gasteiger partial charge in [-0.05, 0) is 18.9 Å². The predicted octanol–water partition coefficient (Wildman–Crippen LogP) is 1.98. The van der Waals surface area contributed by atoms with Gasteiger partial charge >= 0.3 is 0 Å². The van der Waals surface area contributed by atoms with E-state index in [9.17, 15) is 4.79 Å². The van der Waals surface area contributed by atoms with Gasteiger partial charge in [-0.2, -0.15) is 5.26 Å². The Labute approximate surface area is 119 Å². The number of likely N-dealkylation sites (tertiary alicyclic amines) is 1. The van der Waals surface area contributed by atoms with Crippen LogP contribution in [0.15, 0.2) is 18.3 Å². The molecule has 20 heavy (non-hydrogen) atoms. The fourth-order valence-electron chi connectivity index (χ4n) is 2.28. The third-order valence-electron chi connectivity index (χ3n) is 3.65. The Bertz CT molecular complexity index is 497. The molecule has 1 saturated heterocycles. The van der Waals surface area contributed by atoms with Crippen LogP contribution in [0, 0.1) is 17.2 Å². The van der Waals surface area contributed by atoms with Gasteiger partial charge < -0.3 is 9.64 Å². The number of nitriles is 1. The maximum Gasteiger partial charge on any atom is 0.225 e. The van der Waals surface area contributed by atoms with Crippen molar-refractivity contribution < 1.29 is 9.53 Å². The fraction of sp³-hybridized carbons (Fsp3) is 0.533. The van der Waals surface area contributed by atoms with Crippen LogP contribution in [0.5, 0.6) is 5.88 Å². The number of hydrogen-bond acceptors (Lipinski definition) is 4. The molecule has 0 bridgehead atoms. The van der Waals surface area contributed by atoms with E-state index in [1.807, 2.05) is 24.8 Å². The molecule has 0 unspecified atom stereocenters. The third kappa shape index (κ3) is 3.08. The molecule has 0 aromatic carbocycles. The number of carbonyl (C=O) groups is 1. The Kier molecular flexibility index (Phi) is 4.57. The highest BCUT2D eigenvalue weighted by molar-refractivity contribution is 5.79. The Morgan fingerprint density at radius 3 is 2.70 bits per heavy atom. The summed E-state index contributed by atoms with van der Waals surface area (Å²) in [6, 6.07) is 5.37. The van der Waals surface area contributed by atoms with Crippen molar-refractivity contribution in [3.63, 3.8) is 0 Å². The van der Waals surface area contributed by atoms with Gasteiger partial charge in [0.2, 0.25) is 11.8 Å². The Balaban J connectivity index is 1.81. The van der Waals surface area contributed by atoms with E-state index in [4.69, 9.17) is 10.00 Å². The summed E-state index contributed by atoms with van der Waals surface area (Å²) in [5.41, 5.74) is 0.511. The van der Waals surface area contributed by atoms with Gasteiger partial charge in [0, 0.05) is 18.2 Å². The van der Waals surface area contributed by atoms with Gasteiger partial charge in [-0.3, -0.25) is 4.79 Å². The average molecular weight is 273 g/mol. The minimum absolute atomic E-state index is 0.00810. The quantitative estimate of drug-likeness (QED) is 0.822. The van der Waals surface area contributed by atoms with Gasteiger partial charge in [0.1, 0.15) is 12.2 Å². The molecule has 2 heterocycles. The number of amides is 1. The van der Waals surface area contributed by atoms with Crippen LogP contribution in [0.4, 0.5) is 0 Å². The molecule has 1 fully saturated rings. The lowest BCUT2D eigenvalue weighted by atomic mass is 9.99. The molecular formula is C15H19N3O2. The number of carbonyl (C=O) groups excluding carboxylic acids is 1. The number of hydrogen-bond donors (Lipinski definition) is 0. The number of pyridine rings is 1. The summed E-state index contributed by atoms with van der Waals surface area (Å²) in [5, 5.41) is 8.69. The molecular weight excluding hydrogens is 254 g/mol. The van der Waals surface area contributed by atoms with E-state index in [1.165, 1.54) is 6.20 Å². The van der Waals surface area contributed by atoms with Crippen LogP contribution in [0.3, 0.4) is 0 Å². The minimum atomic E-state index is 0.00810. The van der Waals surface area contributed by atoms with Crippen LogP contribution in [0.25, 0.3) is 0 Å². The molecule has 2 rings (SSSR count). The molecule has 0 aliphatic carbocycles. The minimum Gasteiger partial charge on any atom is -0.471 e. The smallest absolute Gasteiger partial charge is 0.225 e. The molecule has 1 amide bonds. The SMILES string of the molecule is CCC(CC)C(=O)N1CC(Oc2ccc(C#N)cn2)C1. The number of ether oxygens (including phenoxy) is 1. The highest BCUT2D eigenvalue weighted by Crippen LogP contribution is 2.20. The monoisotopic (exact) mass is 273 g/mol. The van der Waals surface area contributed by atoms with Crippen molar-refractivity contribution in [2.24, 2.45) is 5.92 Å². The van der Waals surface area contributed by atoms with Crippen LogP contribution < -0.4 is 4.74 Å². The molecule has 0 atom stereocenters. The number of aromatic nitrogens is 1. The van der Waals surface area contributed by atoms with E-state index in [1.54, 1.807) is 12.1 Å². The summed E-state index contributed by atoms with van der Waals surface area (Å²) in [5.74, 6) is 0.857. The van der Waals surface area contributed by atoms with E-state index in [2.05, 4.69) is 4.98 Å². The first-order chi connectivity index (χ1) is 9.67. The largest absolute Gasteiger partial charge is 0.471 e. The molecule has 0 N–H and O–H groups in total. The third-order valence-corrected chi connectivity index (χ3v) is 3.65. The Morgan fingerprint density at radius 1 is 1.50 bits per heavy atom. The summed E-state index contributed by atoms with van der Waals surface area (Å²) < 4.78 is 5.66. The van der Waals surface area contributed by atoms with Crippen molar-refractivity contribution in [2.45, 2.75) is 32.8 Å². The molecule has 106 valence electrons. The molecule has 1 aromatic rings. The highest BCUT2D eigenvalue weighted by Gasteiger charge is 2.34. The van der Waals surface area contributed by atoms with Gasteiger partial charge in [-0.25, -0.2) is 4.98 Å². The van der Waals surface area contributed by atoms with Crippen LogP contribution >= 0.6 is 0 Å². The summed E-state index contributed by atoms with van der Waals surface area (Å²) in [7, 11) is 0. The summed E-state index contributed by atoms with van der Waals surface area (Å²) >= 11 is 0. The lowest BCUT2D eigenvalue weighted by molar-refractivity contribution is -0.144. The average Bonchev–Trinajstić information content (AvgIpc) is 2.44. The van der Waals surface area contributed by atoms with Crippen LogP contribution in [-0.2, 0) is 4.79 Å². The maximum atomic E-state index is 12.1. The molecule has 0 radical (unpaired) electrons. The van der Waals surface area contributed by atoms with Gasteiger partial charge in [-0.15, -0.1) is 0 Å². The molecule has 5 nitrogen and oxygen atoms in total. The summed E-state index contributed by atoms with van der Waals surface area (Å²) in [6.07, 6.45) is 3.26. The zero-order chi connectivity index (χ0) is 14.5. The molecule has 1 aliphatic heterocycles. The topological polar surface area (TPSA) is 66.2 Å². The van der Waals surface area contributed by atoms with E-state index < -0.39 is 0 Å². The summed E-state index contributed by atoms with van der Waals surface area (Å²) in [4.78, 5) is 18.0. The van der Waals surface area contributed by atoms with Crippen molar-refractivity contribution in [2.75, 3.05) is 13.1 Å². The molecule has 0 saturated carbocycles. The molecule has 1 aliphatic rings. The molecule has 1 aromatic heterocycles. The van der Waals surface area contributed by atoms with Crippen molar-refractivity contribution in [1.82, 2.24) is 9.88 Å². The second-order valence-electron chi connectivity index (χ2n) is 4.99. The number of nitrogens with zero attached hydrogens (tertiary/aromatic N) is 3. The van der Waals surface area contributed by atoms with Crippen molar-refractivity contribution in [1.29, 1.82) is 5.26 Å². The Hall–Kier alpha value is -2.09. The van der Waals surface area contributed by atoms with Gasteiger partial charge in [0.25, 0.3) is 0 Å². The second-order valence-corrected chi connectivity index (χ2v) is 4.99.